The smallest absolute Gasteiger partial charge is 0.251 e. The quantitative estimate of drug-likeness (QED) is 0.605. The zero-order chi connectivity index (χ0) is 19.1. The first-order valence-electron chi connectivity index (χ1n) is 10.8. The highest BCUT2D eigenvalue weighted by molar-refractivity contribution is 5.94. The average molecular weight is 383 g/mol. The van der Waals surface area contributed by atoms with Crippen LogP contribution in [0.3, 0.4) is 0 Å². The number of amides is 1. The molecule has 1 aliphatic carbocycles. The van der Waals surface area contributed by atoms with Crippen LogP contribution in [-0.2, 0) is 11.3 Å². The molecule has 4 atom stereocenters. The SMILES string of the molecule is CCNC(=NCc1cccc(C(=O)NC2CC2)c1)N1CC2C3CCC(O3)C2C1. The van der Waals surface area contributed by atoms with Gasteiger partial charge in [-0.1, -0.05) is 12.1 Å². The number of hydrogen-bond donors (Lipinski definition) is 2. The maximum atomic E-state index is 12.3. The third-order valence-electron chi connectivity index (χ3n) is 6.60. The lowest BCUT2D eigenvalue weighted by atomic mass is 9.82. The molecule has 1 saturated carbocycles. The summed E-state index contributed by atoms with van der Waals surface area (Å²) < 4.78 is 6.10. The van der Waals surface area contributed by atoms with E-state index in [1.807, 2.05) is 24.3 Å². The Bertz CT molecular complexity index is 758. The second kappa shape index (κ2) is 7.39. The fraction of sp³-hybridized carbons (Fsp3) is 0.636. The maximum Gasteiger partial charge on any atom is 0.251 e. The molecule has 0 spiro atoms. The van der Waals surface area contributed by atoms with Gasteiger partial charge in [0.1, 0.15) is 0 Å². The number of aliphatic imine (C=N–C) groups is 1. The summed E-state index contributed by atoms with van der Waals surface area (Å²) in [5.74, 6) is 2.35. The number of rotatable bonds is 5. The minimum Gasteiger partial charge on any atom is -0.374 e. The average Bonchev–Trinajstić information content (AvgIpc) is 3.11. The minimum absolute atomic E-state index is 0.0306. The molecule has 2 N–H and O–H groups in total. The van der Waals surface area contributed by atoms with Crippen LogP contribution in [-0.4, -0.2) is 54.7 Å². The molecule has 6 heteroatoms. The Morgan fingerprint density at radius 1 is 1.18 bits per heavy atom. The number of likely N-dealkylation sites (tertiary alicyclic amines) is 1. The lowest BCUT2D eigenvalue weighted by Crippen LogP contribution is -2.41. The van der Waals surface area contributed by atoms with Crippen molar-refractivity contribution in [3.8, 4) is 0 Å². The Balaban J connectivity index is 1.26. The first-order chi connectivity index (χ1) is 13.7. The summed E-state index contributed by atoms with van der Waals surface area (Å²) in [5, 5.41) is 6.52. The molecule has 3 saturated heterocycles. The van der Waals surface area contributed by atoms with E-state index in [9.17, 15) is 4.79 Å². The molecule has 4 aliphatic rings. The van der Waals surface area contributed by atoms with Crippen LogP contribution in [0.15, 0.2) is 29.3 Å². The third-order valence-corrected chi connectivity index (χ3v) is 6.60. The van der Waals surface area contributed by atoms with E-state index in [1.165, 1.54) is 12.8 Å². The first-order valence-corrected chi connectivity index (χ1v) is 10.8. The second-order valence-electron chi connectivity index (χ2n) is 8.64. The van der Waals surface area contributed by atoms with Crippen LogP contribution in [0.2, 0.25) is 0 Å². The predicted octanol–water partition coefficient (Wildman–Crippen LogP) is 2.15. The summed E-state index contributed by atoms with van der Waals surface area (Å²) in [5.41, 5.74) is 1.80. The molecule has 1 amide bonds. The van der Waals surface area contributed by atoms with E-state index >= 15 is 0 Å². The Labute approximate surface area is 166 Å². The number of nitrogens with one attached hydrogen (secondary N) is 2. The third kappa shape index (κ3) is 3.50. The number of carbonyl (C=O) groups excluding carboxylic acids is 1. The van der Waals surface area contributed by atoms with Crippen LogP contribution in [0.4, 0.5) is 0 Å². The molecular weight excluding hydrogens is 352 g/mol. The molecule has 28 heavy (non-hydrogen) atoms. The molecule has 1 aromatic rings. The van der Waals surface area contributed by atoms with Crippen molar-refractivity contribution in [1.29, 1.82) is 0 Å². The van der Waals surface area contributed by atoms with Gasteiger partial charge in [0, 0.05) is 43.1 Å². The van der Waals surface area contributed by atoms with E-state index in [0.717, 1.165) is 49.6 Å². The van der Waals surface area contributed by atoms with Gasteiger partial charge in [0.2, 0.25) is 0 Å². The van der Waals surface area contributed by atoms with Crippen LogP contribution in [0, 0.1) is 11.8 Å². The molecule has 5 rings (SSSR count). The predicted molar refractivity (Wildman–Crippen MR) is 108 cm³/mol. The van der Waals surface area contributed by atoms with Gasteiger partial charge in [0.15, 0.2) is 5.96 Å². The summed E-state index contributed by atoms with van der Waals surface area (Å²) in [6.45, 7) is 5.64. The Hall–Kier alpha value is -2.08. The van der Waals surface area contributed by atoms with Crippen molar-refractivity contribution in [2.75, 3.05) is 19.6 Å². The van der Waals surface area contributed by atoms with Crippen LogP contribution in [0.5, 0.6) is 0 Å². The number of hydrogen-bond acceptors (Lipinski definition) is 3. The van der Waals surface area contributed by atoms with E-state index < -0.39 is 0 Å². The largest absolute Gasteiger partial charge is 0.374 e. The molecule has 1 aromatic carbocycles. The van der Waals surface area contributed by atoms with E-state index in [4.69, 9.17) is 9.73 Å². The van der Waals surface area contributed by atoms with Gasteiger partial charge in [-0.3, -0.25) is 4.79 Å². The summed E-state index contributed by atoms with van der Waals surface area (Å²) in [4.78, 5) is 19.6. The first kappa shape index (κ1) is 18.0. The number of nitrogens with zero attached hydrogens (tertiary/aromatic N) is 2. The van der Waals surface area contributed by atoms with Crippen molar-refractivity contribution >= 4 is 11.9 Å². The van der Waals surface area contributed by atoms with Gasteiger partial charge in [0.25, 0.3) is 5.91 Å². The van der Waals surface area contributed by atoms with Gasteiger partial charge >= 0.3 is 0 Å². The number of carbonyl (C=O) groups is 1. The summed E-state index contributed by atoms with van der Waals surface area (Å²) in [6, 6.07) is 8.23. The molecule has 0 radical (unpaired) electrons. The van der Waals surface area contributed by atoms with Crippen molar-refractivity contribution in [2.24, 2.45) is 16.8 Å². The van der Waals surface area contributed by atoms with Crippen LogP contribution < -0.4 is 10.6 Å². The van der Waals surface area contributed by atoms with Gasteiger partial charge in [-0.05, 0) is 50.3 Å². The van der Waals surface area contributed by atoms with Gasteiger partial charge in [-0.15, -0.1) is 0 Å². The summed E-state index contributed by atoms with van der Waals surface area (Å²) in [6.07, 6.45) is 5.58. The molecule has 3 aliphatic heterocycles. The molecule has 0 aromatic heterocycles. The van der Waals surface area contributed by atoms with Crippen molar-refractivity contribution in [3.05, 3.63) is 35.4 Å². The van der Waals surface area contributed by atoms with Gasteiger partial charge in [-0.2, -0.15) is 0 Å². The molecule has 6 nitrogen and oxygen atoms in total. The molecule has 3 heterocycles. The van der Waals surface area contributed by atoms with Gasteiger partial charge in [-0.25, -0.2) is 4.99 Å². The zero-order valence-corrected chi connectivity index (χ0v) is 16.6. The normalized spacial score (nSPS) is 31.2. The Morgan fingerprint density at radius 2 is 1.93 bits per heavy atom. The van der Waals surface area contributed by atoms with Gasteiger partial charge in [0.05, 0.1) is 18.8 Å². The zero-order valence-electron chi connectivity index (χ0n) is 16.6. The van der Waals surface area contributed by atoms with Crippen molar-refractivity contribution in [3.63, 3.8) is 0 Å². The fourth-order valence-corrected chi connectivity index (χ4v) is 5.03. The van der Waals surface area contributed by atoms with Crippen LogP contribution >= 0.6 is 0 Å². The molecule has 4 fully saturated rings. The van der Waals surface area contributed by atoms with Crippen molar-refractivity contribution in [1.82, 2.24) is 15.5 Å². The molecule has 2 bridgehead atoms. The Kier molecular flexibility index (Phi) is 4.75. The summed E-state index contributed by atoms with van der Waals surface area (Å²) in [7, 11) is 0. The molecule has 4 unspecified atom stereocenters. The Morgan fingerprint density at radius 3 is 2.61 bits per heavy atom. The maximum absolute atomic E-state index is 12.3. The van der Waals surface area contributed by atoms with E-state index in [-0.39, 0.29) is 5.91 Å². The molecule has 150 valence electrons. The highest BCUT2D eigenvalue weighted by Gasteiger charge is 2.53. The lowest BCUT2D eigenvalue weighted by Gasteiger charge is -2.23. The number of guanidine groups is 1. The van der Waals surface area contributed by atoms with Crippen LogP contribution in [0.25, 0.3) is 0 Å². The van der Waals surface area contributed by atoms with Crippen molar-refractivity contribution < 1.29 is 9.53 Å². The number of benzene rings is 1. The van der Waals surface area contributed by atoms with E-state index in [2.05, 4.69) is 22.5 Å². The van der Waals surface area contributed by atoms with Crippen LogP contribution in [0.1, 0.15) is 48.5 Å². The molecular formula is C22H30N4O2. The topological polar surface area (TPSA) is 66.0 Å². The highest BCUT2D eigenvalue weighted by Crippen LogP contribution is 2.47. The summed E-state index contributed by atoms with van der Waals surface area (Å²) >= 11 is 0. The van der Waals surface area contributed by atoms with E-state index in [0.29, 0.717) is 36.6 Å². The highest BCUT2D eigenvalue weighted by atomic mass is 16.5. The number of fused-ring (bicyclic) bond motifs is 5. The second-order valence-corrected chi connectivity index (χ2v) is 8.64. The fourth-order valence-electron chi connectivity index (χ4n) is 5.03. The van der Waals surface area contributed by atoms with E-state index in [1.54, 1.807) is 0 Å². The van der Waals surface area contributed by atoms with Gasteiger partial charge < -0.3 is 20.3 Å². The lowest BCUT2D eigenvalue weighted by molar-refractivity contribution is 0.0767. The standard InChI is InChI=1S/C22H30N4O2/c1-2-23-22(26-12-17-18(13-26)20-9-8-19(17)28-20)24-11-14-4-3-5-15(10-14)21(27)25-16-6-7-16/h3-5,10,16-20H,2,6-9,11-13H2,1H3,(H,23,24)(H,25,27). The van der Waals surface area contributed by atoms with Crippen molar-refractivity contribution in [2.45, 2.75) is 57.4 Å². The number of ether oxygens (including phenoxy) is 1. The monoisotopic (exact) mass is 382 g/mol. The minimum atomic E-state index is 0.0306.